The molecule has 4 rings (SSSR count). The Morgan fingerprint density at radius 1 is 1.32 bits per heavy atom. The van der Waals surface area contributed by atoms with Crippen molar-refractivity contribution in [2.45, 2.75) is 63.2 Å². The Labute approximate surface area is 147 Å². The van der Waals surface area contributed by atoms with Gasteiger partial charge >= 0.3 is 0 Å². The Kier molecular flexibility index (Phi) is 4.25. The number of carbonyl (C=O) groups is 2. The van der Waals surface area contributed by atoms with E-state index in [1.807, 2.05) is 11.8 Å². The van der Waals surface area contributed by atoms with E-state index in [2.05, 4.69) is 15.5 Å². The minimum absolute atomic E-state index is 0.0179. The molecule has 136 valence electrons. The number of carbonyl (C=O) groups excluding carboxylic acids is 2. The van der Waals surface area contributed by atoms with Crippen LogP contribution in [0, 0.1) is 5.92 Å². The highest BCUT2D eigenvalue weighted by Gasteiger charge is 2.47. The molecule has 2 aliphatic heterocycles. The number of piperidine rings is 1. The molecule has 2 saturated heterocycles. The number of hydrogen-bond donors (Lipinski definition) is 1. The van der Waals surface area contributed by atoms with Crippen molar-refractivity contribution >= 4 is 11.8 Å². The fraction of sp³-hybridized carbons (Fsp3) is 0.778. The van der Waals surface area contributed by atoms with Crippen LogP contribution in [0.3, 0.4) is 0 Å². The third-order valence-corrected chi connectivity index (χ3v) is 6.30. The van der Waals surface area contributed by atoms with Gasteiger partial charge in [0, 0.05) is 32.0 Å². The first-order chi connectivity index (χ1) is 12.1. The molecule has 25 heavy (non-hydrogen) atoms. The summed E-state index contributed by atoms with van der Waals surface area (Å²) in [5.41, 5.74) is -0.679. The summed E-state index contributed by atoms with van der Waals surface area (Å²) in [7, 11) is 0. The van der Waals surface area contributed by atoms with Crippen LogP contribution in [0.5, 0.6) is 0 Å². The molecule has 0 bridgehead atoms. The summed E-state index contributed by atoms with van der Waals surface area (Å²) in [6, 6.07) is 0. The molecule has 7 nitrogen and oxygen atoms in total. The lowest BCUT2D eigenvalue weighted by atomic mass is 9.83. The van der Waals surface area contributed by atoms with Gasteiger partial charge in [-0.15, -0.1) is 0 Å². The van der Waals surface area contributed by atoms with Gasteiger partial charge in [0.05, 0.1) is 0 Å². The monoisotopic (exact) mass is 346 g/mol. The van der Waals surface area contributed by atoms with Crippen LogP contribution >= 0.6 is 0 Å². The Bertz CT molecular complexity index is 669. The fourth-order valence-electron chi connectivity index (χ4n) is 4.25. The second-order valence-corrected chi connectivity index (χ2v) is 7.73. The Morgan fingerprint density at radius 2 is 2.16 bits per heavy atom. The first-order valence-corrected chi connectivity index (χ1v) is 9.52. The quantitative estimate of drug-likeness (QED) is 0.877. The van der Waals surface area contributed by atoms with E-state index in [1.54, 1.807) is 0 Å². The van der Waals surface area contributed by atoms with Crippen molar-refractivity contribution < 1.29 is 14.1 Å². The van der Waals surface area contributed by atoms with Crippen LogP contribution < -0.4 is 5.32 Å². The molecule has 3 heterocycles. The van der Waals surface area contributed by atoms with E-state index in [4.69, 9.17) is 4.52 Å². The zero-order chi connectivity index (χ0) is 17.4. The number of likely N-dealkylation sites (tertiary alicyclic amines) is 1. The zero-order valence-electron chi connectivity index (χ0n) is 14.8. The molecule has 0 radical (unpaired) electrons. The predicted octanol–water partition coefficient (Wildman–Crippen LogP) is 1.74. The molecule has 1 aliphatic carbocycles. The van der Waals surface area contributed by atoms with Crippen LogP contribution in [-0.2, 0) is 15.0 Å². The van der Waals surface area contributed by atoms with Crippen LogP contribution in [0.1, 0.15) is 69.5 Å². The highest BCUT2D eigenvalue weighted by atomic mass is 16.5. The topological polar surface area (TPSA) is 88.3 Å². The summed E-state index contributed by atoms with van der Waals surface area (Å²) in [6.45, 7) is 4.16. The summed E-state index contributed by atoms with van der Waals surface area (Å²) < 4.78 is 5.52. The van der Waals surface area contributed by atoms with Gasteiger partial charge in [-0.2, -0.15) is 4.98 Å². The maximum atomic E-state index is 12.3. The molecule has 0 aromatic carbocycles. The van der Waals surface area contributed by atoms with Crippen molar-refractivity contribution in [2.24, 2.45) is 5.92 Å². The van der Waals surface area contributed by atoms with Gasteiger partial charge in [0.25, 0.3) is 0 Å². The van der Waals surface area contributed by atoms with Crippen LogP contribution in [0.25, 0.3) is 0 Å². The number of aromatic nitrogens is 2. The van der Waals surface area contributed by atoms with Crippen molar-refractivity contribution in [3.05, 3.63) is 11.7 Å². The maximum Gasteiger partial charge on any atom is 0.242 e. The van der Waals surface area contributed by atoms with Crippen molar-refractivity contribution in [1.29, 1.82) is 0 Å². The second kappa shape index (κ2) is 6.42. The van der Waals surface area contributed by atoms with E-state index in [9.17, 15) is 9.59 Å². The first-order valence-electron chi connectivity index (χ1n) is 9.52. The van der Waals surface area contributed by atoms with Crippen molar-refractivity contribution in [3.8, 4) is 0 Å². The molecule has 2 amide bonds. The van der Waals surface area contributed by atoms with Gasteiger partial charge in [-0.05, 0) is 38.0 Å². The van der Waals surface area contributed by atoms with E-state index in [-0.39, 0.29) is 17.7 Å². The molecule has 3 fully saturated rings. The molecular formula is C18H26N4O3. The average molecular weight is 346 g/mol. The molecule has 1 N–H and O–H groups in total. The largest absolute Gasteiger partial charge is 0.355 e. The fourth-order valence-corrected chi connectivity index (χ4v) is 4.25. The molecule has 1 aromatic heterocycles. The van der Waals surface area contributed by atoms with Gasteiger partial charge < -0.3 is 14.7 Å². The average Bonchev–Trinajstić information content (AvgIpc) is 3.20. The number of nitrogens with one attached hydrogen (secondary N) is 1. The third kappa shape index (κ3) is 2.83. The summed E-state index contributed by atoms with van der Waals surface area (Å²) in [6.07, 6.45) is 6.39. The molecule has 1 aromatic rings. The number of rotatable bonds is 5. The minimum atomic E-state index is -0.679. The van der Waals surface area contributed by atoms with Crippen LogP contribution in [0.15, 0.2) is 4.52 Å². The SMILES string of the molecule is CCC1(c2nc(C3CCC(=O)N(CC4CCC4)C3)no2)CCNC1=O. The molecule has 2 atom stereocenters. The molecular weight excluding hydrogens is 320 g/mol. The predicted molar refractivity (Wildman–Crippen MR) is 89.8 cm³/mol. The number of nitrogens with zero attached hydrogens (tertiary/aromatic N) is 3. The van der Waals surface area contributed by atoms with E-state index in [0.717, 1.165) is 13.0 Å². The van der Waals surface area contributed by atoms with Gasteiger partial charge in [-0.25, -0.2) is 0 Å². The highest BCUT2D eigenvalue weighted by Crippen LogP contribution is 2.36. The van der Waals surface area contributed by atoms with E-state index in [0.29, 0.717) is 50.0 Å². The minimum Gasteiger partial charge on any atom is -0.355 e. The lowest BCUT2D eigenvalue weighted by molar-refractivity contribution is -0.135. The Hall–Kier alpha value is -1.92. The smallest absolute Gasteiger partial charge is 0.242 e. The van der Waals surface area contributed by atoms with Gasteiger partial charge in [0.15, 0.2) is 5.82 Å². The van der Waals surface area contributed by atoms with Crippen LogP contribution in [-0.4, -0.2) is 46.5 Å². The highest BCUT2D eigenvalue weighted by molar-refractivity contribution is 5.89. The Balaban J connectivity index is 1.49. The molecule has 0 spiro atoms. The molecule has 7 heteroatoms. The van der Waals surface area contributed by atoms with E-state index >= 15 is 0 Å². The lowest BCUT2D eigenvalue weighted by Crippen LogP contribution is -2.43. The van der Waals surface area contributed by atoms with Crippen molar-refractivity contribution in [2.75, 3.05) is 19.6 Å². The standard InChI is InChI=1S/C18H26N4O3/c1-2-18(8-9-19-16(18)24)17-20-15(21-25-17)13-6-7-14(23)22(11-13)10-12-4-3-5-12/h12-13H,2-11H2,1H3,(H,19,24). The summed E-state index contributed by atoms with van der Waals surface area (Å²) in [5.74, 6) is 2.07. The molecule has 1 saturated carbocycles. The second-order valence-electron chi connectivity index (χ2n) is 7.73. The summed E-state index contributed by atoms with van der Waals surface area (Å²) in [5, 5.41) is 7.06. The first kappa shape index (κ1) is 16.5. The zero-order valence-corrected chi connectivity index (χ0v) is 14.8. The molecule has 2 unspecified atom stereocenters. The van der Waals surface area contributed by atoms with E-state index in [1.165, 1.54) is 19.3 Å². The van der Waals surface area contributed by atoms with Crippen molar-refractivity contribution in [3.63, 3.8) is 0 Å². The van der Waals surface area contributed by atoms with Gasteiger partial charge in [0.2, 0.25) is 17.7 Å². The van der Waals surface area contributed by atoms with E-state index < -0.39 is 5.41 Å². The third-order valence-electron chi connectivity index (χ3n) is 6.30. The summed E-state index contributed by atoms with van der Waals surface area (Å²) in [4.78, 5) is 31.1. The van der Waals surface area contributed by atoms with Gasteiger partial charge in [-0.1, -0.05) is 18.5 Å². The number of hydrogen-bond acceptors (Lipinski definition) is 5. The van der Waals surface area contributed by atoms with Crippen LogP contribution in [0.2, 0.25) is 0 Å². The number of amides is 2. The Morgan fingerprint density at radius 3 is 2.80 bits per heavy atom. The normalized spacial score (nSPS) is 30.4. The summed E-state index contributed by atoms with van der Waals surface area (Å²) >= 11 is 0. The van der Waals surface area contributed by atoms with Gasteiger partial charge in [-0.3, -0.25) is 9.59 Å². The van der Waals surface area contributed by atoms with Crippen LogP contribution in [0.4, 0.5) is 0 Å². The lowest BCUT2D eigenvalue weighted by Gasteiger charge is -2.36. The van der Waals surface area contributed by atoms with Gasteiger partial charge in [0.1, 0.15) is 5.41 Å². The van der Waals surface area contributed by atoms with Crippen molar-refractivity contribution in [1.82, 2.24) is 20.4 Å². The maximum absolute atomic E-state index is 12.3. The molecule has 3 aliphatic rings.